The van der Waals surface area contributed by atoms with Crippen LogP contribution in [0.3, 0.4) is 0 Å². The fourth-order valence-electron chi connectivity index (χ4n) is 4.71. The third kappa shape index (κ3) is 5.57. The van der Waals surface area contributed by atoms with Gasteiger partial charge in [-0.3, -0.25) is 9.36 Å². The number of hydrogen-bond donors (Lipinski definition) is 0. The summed E-state index contributed by atoms with van der Waals surface area (Å²) in [7, 11) is 3.04. The van der Waals surface area contributed by atoms with E-state index in [-0.39, 0.29) is 12.2 Å². The summed E-state index contributed by atoms with van der Waals surface area (Å²) in [6, 6.07) is 20.0. The Labute approximate surface area is 250 Å². The number of benzene rings is 3. The molecule has 1 aliphatic heterocycles. The van der Waals surface area contributed by atoms with Crippen LogP contribution in [-0.2, 0) is 9.53 Å². The molecule has 210 valence electrons. The molecule has 1 aliphatic rings. The number of thiazole rings is 1. The van der Waals surface area contributed by atoms with E-state index in [4.69, 9.17) is 30.8 Å². The molecule has 10 heteroatoms. The van der Waals surface area contributed by atoms with Gasteiger partial charge < -0.3 is 14.2 Å². The summed E-state index contributed by atoms with van der Waals surface area (Å²) in [5.74, 6) is 0.338. The highest BCUT2D eigenvalue weighted by molar-refractivity contribution is 7.98. The normalized spacial score (nSPS) is 14.9. The molecule has 0 fully saturated rings. The van der Waals surface area contributed by atoms with Gasteiger partial charge in [0, 0.05) is 10.5 Å². The molecule has 0 aliphatic carbocycles. The summed E-state index contributed by atoms with van der Waals surface area (Å²) in [6.45, 7) is 1.94. The average molecular weight is 607 g/mol. The minimum Gasteiger partial charge on any atom is -0.493 e. The molecule has 0 saturated heterocycles. The van der Waals surface area contributed by atoms with Crippen LogP contribution in [0.4, 0.5) is 0 Å². The number of carbonyl (C=O) groups excluding carboxylic acids is 1. The Morgan fingerprint density at radius 3 is 2.46 bits per heavy atom. The van der Waals surface area contributed by atoms with Crippen molar-refractivity contribution in [3.63, 3.8) is 0 Å². The van der Waals surface area contributed by atoms with Crippen molar-refractivity contribution in [3.8, 4) is 11.5 Å². The lowest BCUT2D eigenvalue weighted by Crippen LogP contribution is -2.40. The first-order chi connectivity index (χ1) is 19.9. The zero-order valence-electron chi connectivity index (χ0n) is 22.8. The summed E-state index contributed by atoms with van der Waals surface area (Å²) in [5, 5.41) is 0.355. The van der Waals surface area contributed by atoms with E-state index in [1.807, 2.05) is 60.9 Å². The molecule has 0 unspecified atom stereocenters. The quantitative estimate of drug-likeness (QED) is 0.199. The third-order valence-corrected chi connectivity index (χ3v) is 8.57. The average Bonchev–Trinajstić information content (AvgIpc) is 3.30. The van der Waals surface area contributed by atoms with Crippen LogP contribution in [0, 0.1) is 0 Å². The molecule has 3 aromatic carbocycles. The molecule has 4 aromatic rings. The Kier molecular flexibility index (Phi) is 8.68. The highest BCUT2D eigenvalue weighted by Crippen LogP contribution is 2.37. The van der Waals surface area contributed by atoms with Crippen LogP contribution >= 0.6 is 34.7 Å². The van der Waals surface area contributed by atoms with Gasteiger partial charge in [0.1, 0.15) is 0 Å². The lowest BCUT2D eigenvalue weighted by atomic mass is 9.93. The number of carbonyl (C=O) groups is 1. The van der Waals surface area contributed by atoms with Gasteiger partial charge >= 0.3 is 5.97 Å². The number of hydrogen-bond acceptors (Lipinski definition) is 8. The Morgan fingerprint density at radius 2 is 1.83 bits per heavy atom. The summed E-state index contributed by atoms with van der Waals surface area (Å²) in [5.41, 5.74) is 2.69. The largest absolute Gasteiger partial charge is 0.493 e. The number of thioether (sulfide) groups is 1. The van der Waals surface area contributed by atoms with E-state index in [0.717, 1.165) is 16.0 Å². The molecule has 0 radical (unpaired) electrons. The molecular weight excluding hydrogens is 580 g/mol. The van der Waals surface area contributed by atoms with Crippen molar-refractivity contribution in [3.05, 3.63) is 114 Å². The summed E-state index contributed by atoms with van der Waals surface area (Å²) >= 11 is 9.29. The molecule has 0 saturated carbocycles. The first-order valence-electron chi connectivity index (χ1n) is 12.7. The molecule has 2 heterocycles. The zero-order chi connectivity index (χ0) is 29.1. The van der Waals surface area contributed by atoms with Gasteiger partial charge in [0.15, 0.2) is 16.3 Å². The minimum atomic E-state index is -0.743. The summed E-state index contributed by atoms with van der Waals surface area (Å²) in [6.07, 6.45) is 3.73. The van der Waals surface area contributed by atoms with Crippen molar-refractivity contribution in [2.24, 2.45) is 4.99 Å². The van der Waals surface area contributed by atoms with E-state index in [9.17, 15) is 9.59 Å². The number of esters is 1. The first-order valence-corrected chi connectivity index (χ1v) is 15.2. The second kappa shape index (κ2) is 12.4. The molecular formula is C31H27ClN2O5S2. The van der Waals surface area contributed by atoms with E-state index >= 15 is 0 Å². The van der Waals surface area contributed by atoms with Crippen molar-refractivity contribution >= 4 is 52.4 Å². The number of halogens is 1. The highest BCUT2D eigenvalue weighted by Gasteiger charge is 2.35. The van der Waals surface area contributed by atoms with E-state index in [2.05, 4.69) is 0 Å². The van der Waals surface area contributed by atoms with Crippen molar-refractivity contribution in [1.29, 1.82) is 0 Å². The van der Waals surface area contributed by atoms with Gasteiger partial charge in [-0.1, -0.05) is 65.4 Å². The van der Waals surface area contributed by atoms with E-state index in [1.54, 1.807) is 41.5 Å². The van der Waals surface area contributed by atoms with Gasteiger partial charge in [-0.15, -0.1) is 11.8 Å². The Bertz CT molecular complexity index is 1810. The van der Waals surface area contributed by atoms with Crippen LogP contribution in [0.5, 0.6) is 11.5 Å². The second-order valence-corrected chi connectivity index (χ2v) is 11.2. The molecule has 0 bridgehead atoms. The smallest absolute Gasteiger partial charge is 0.338 e. The number of nitrogens with zero attached hydrogens (tertiary/aromatic N) is 2. The lowest BCUT2D eigenvalue weighted by Gasteiger charge is -2.26. The molecule has 1 atom stereocenters. The fraction of sp³-hybridized carbons (Fsp3) is 0.194. The van der Waals surface area contributed by atoms with Crippen LogP contribution in [-0.4, -0.2) is 37.6 Å². The SMILES string of the molecule is CCOC(=O)C1=C(c2ccccc2)N=c2sc(=Cc3cc(Cl)c(OC)c(OC)c3)c(=O)n2[C@@H]1c1ccc(SC)cc1. The maximum atomic E-state index is 14.1. The second-order valence-electron chi connectivity index (χ2n) is 8.94. The highest BCUT2D eigenvalue weighted by atomic mass is 35.5. The molecule has 0 amide bonds. The number of rotatable bonds is 8. The fourth-order valence-corrected chi connectivity index (χ4v) is 6.42. The Hall–Kier alpha value is -3.79. The molecule has 0 spiro atoms. The number of aromatic nitrogens is 1. The topological polar surface area (TPSA) is 79.1 Å². The number of ether oxygens (including phenoxy) is 3. The Morgan fingerprint density at radius 1 is 1.10 bits per heavy atom. The molecule has 7 nitrogen and oxygen atoms in total. The van der Waals surface area contributed by atoms with Gasteiger partial charge in [-0.2, -0.15) is 0 Å². The number of fused-ring (bicyclic) bond motifs is 1. The molecule has 1 aromatic heterocycles. The minimum absolute atomic E-state index is 0.188. The zero-order valence-corrected chi connectivity index (χ0v) is 25.2. The van der Waals surface area contributed by atoms with Crippen molar-refractivity contribution in [1.82, 2.24) is 4.57 Å². The standard InChI is InChI=1S/C31H27ClN2O5S2/c1-5-39-30(36)25-26(19-9-7-6-8-10-19)33-31-34(27(25)20-11-13-21(40-4)14-12-20)29(35)24(41-31)17-18-15-22(32)28(38-3)23(16-18)37-2/h6-17,27H,5H2,1-4H3/t27-/m1/s1. The van der Waals surface area contributed by atoms with E-state index in [0.29, 0.717) is 42.7 Å². The van der Waals surface area contributed by atoms with Crippen LogP contribution in [0.25, 0.3) is 11.8 Å². The van der Waals surface area contributed by atoms with Crippen LogP contribution in [0.15, 0.2) is 87.0 Å². The van der Waals surface area contributed by atoms with Gasteiger partial charge in [0.25, 0.3) is 5.56 Å². The van der Waals surface area contributed by atoms with Gasteiger partial charge in [0.05, 0.1) is 47.7 Å². The number of methoxy groups -OCH3 is 2. The summed E-state index contributed by atoms with van der Waals surface area (Å²) < 4.78 is 18.3. The summed E-state index contributed by atoms with van der Waals surface area (Å²) in [4.78, 5) is 34.1. The van der Waals surface area contributed by atoms with Crippen LogP contribution in [0.1, 0.15) is 29.7 Å². The van der Waals surface area contributed by atoms with E-state index in [1.165, 1.54) is 25.6 Å². The lowest BCUT2D eigenvalue weighted by molar-refractivity contribution is -0.138. The van der Waals surface area contributed by atoms with Gasteiger partial charge in [-0.25, -0.2) is 9.79 Å². The monoisotopic (exact) mass is 606 g/mol. The van der Waals surface area contributed by atoms with Gasteiger partial charge in [0.2, 0.25) is 0 Å². The molecule has 0 N–H and O–H groups in total. The maximum Gasteiger partial charge on any atom is 0.338 e. The van der Waals surface area contributed by atoms with Crippen molar-refractivity contribution in [2.75, 3.05) is 27.1 Å². The van der Waals surface area contributed by atoms with Crippen molar-refractivity contribution < 1.29 is 19.0 Å². The maximum absolute atomic E-state index is 14.1. The third-order valence-electron chi connectivity index (χ3n) is 6.56. The first kappa shape index (κ1) is 28.7. The van der Waals surface area contributed by atoms with E-state index < -0.39 is 12.0 Å². The predicted octanol–water partition coefficient (Wildman–Crippen LogP) is 5.33. The molecule has 5 rings (SSSR count). The Balaban J connectivity index is 1.80. The van der Waals surface area contributed by atoms with Gasteiger partial charge in [-0.05, 0) is 54.6 Å². The predicted molar refractivity (Wildman–Crippen MR) is 164 cm³/mol. The van der Waals surface area contributed by atoms with Crippen molar-refractivity contribution in [2.45, 2.75) is 17.9 Å². The van der Waals surface area contributed by atoms with Crippen LogP contribution < -0.4 is 24.4 Å². The van der Waals surface area contributed by atoms with Crippen LogP contribution in [0.2, 0.25) is 5.02 Å². The molecule has 41 heavy (non-hydrogen) atoms.